The third kappa shape index (κ3) is 5.13. The zero-order chi connectivity index (χ0) is 18.9. The molecule has 6 heteroatoms. The standard InChI is InChI=1S/C20H30N2O4/c1-5-24-17-12-15(13-18(25-6-2)19(17)26-7-3)20(23)22-21-16-11-9-8-10-14(16)4/h12-14H,5-11H2,1-4H3,(H,22,23)/b21-16+. The van der Waals surface area contributed by atoms with Crippen LogP contribution in [0, 0.1) is 5.92 Å². The molecule has 1 atom stereocenters. The Morgan fingerprint density at radius 2 is 1.69 bits per heavy atom. The van der Waals surface area contributed by atoms with E-state index in [1.165, 1.54) is 6.42 Å². The molecule has 1 aliphatic carbocycles. The second-order valence-corrected chi connectivity index (χ2v) is 6.29. The second kappa shape index (κ2) is 10.0. The third-order valence-electron chi connectivity index (χ3n) is 4.36. The number of nitrogens with one attached hydrogen (secondary N) is 1. The number of nitrogens with zero attached hydrogens (tertiary/aromatic N) is 1. The van der Waals surface area contributed by atoms with Crippen LogP contribution in [-0.4, -0.2) is 31.4 Å². The molecule has 1 fully saturated rings. The summed E-state index contributed by atoms with van der Waals surface area (Å²) >= 11 is 0. The van der Waals surface area contributed by atoms with Gasteiger partial charge in [0, 0.05) is 11.3 Å². The number of carbonyl (C=O) groups is 1. The van der Waals surface area contributed by atoms with Crippen molar-refractivity contribution in [3.05, 3.63) is 17.7 Å². The van der Waals surface area contributed by atoms with Crippen LogP contribution in [0.5, 0.6) is 17.2 Å². The summed E-state index contributed by atoms with van der Waals surface area (Å²) in [6.45, 7) is 9.25. The number of amides is 1. The predicted molar refractivity (Wildman–Crippen MR) is 102 cm³/mol. The van der Waals surface area contributed by atoms with E-state index < -0.39 is 0 Å². The Bertz CT molecular complexity index is 616. The van der Waals surface area contributed by atoms with Gasteiger partial charge in [-0.05, 0) is 58.1 Å². The fourth-order valence-corrected chi connectivity index (χ4v) is 3.04. The lowest BCUT2D eigenvalue weighted by Gasteiger charge is -2.20. The fraction of sp³-hybridized carbons (Fsp3) is 0.600. The van der Waals surface area contributed by atoms with Crippen molar-refractivity contribution in [1.82, 2.24) is 5.43 Å². The zero-order valence-electron chi connectivity index (χ0n) is 16.3. The van der Waals surface area contributed by atoms with Crippen molar-refractivity contribution in [3.8, 4) is 17.2 Å². The van der Waals surface area contributed by atoms with E-state index in [4.69, 9.17) is 14.2 Å². The Labute approximate surface area is 155 Å². The average Bonchev–Trinajstić information content (AvgIpc) is 2.63. The van der Waals surface area contributed by atoms with E-state index >= 15 is 0 Å². The summed E-state index contributed by atoms with van der Waals surface area (Å²) in [6, 6.07) is 3.35. The number of carbonyl (C=O) groups excluding carboxylic acids is 1. The second-order valence-electron chi connectivity index (χ2n) is 6.29. The summed E-state index contributed by atoms with van der Waals surface area (Å²) in [5.41, 5.74) is 4.19. The van der Waals surface area contributed by atoms with Gasteiger partial charge in [-0.1, -0.05) is 13.3 Å². The number of hydrogen-bond donors (Lipinski definition) is 1. The largest absolute Gasteiger partial charge is 0.490 e. The van der Waals surface area contributed by atoms with Crippen molar-refractivity contribution < 1.29 is 19.0 Å². The van der Waals surface area contributed by atoms with E-state index in [0.29, 0.717) is 48.6 Å². The number of ether oxygens (including phenoxy) is 3. The van der Waals surface area contributed by atoms with Gasteiger partial charge < -0.3 is 14.2 Å². The van der Waals surface area contributed by atoms with Crippen LogP contribution in [0.4, 0.5) is 0 Å². The van der Waals surface area contributed by atoms with Gasteiger partial charge in [-0.3, -0.25) is 4.79 Å². The highest BCUT2D eigenvalue weighted by Crippen LogP contribution is 2.39. The predicted octanol–water partition coefficient (Wildman–Crippen LogP) is 4.18. The van der Waals surface area contributed by atoms with Crippen molar-refractivity contribution in [1.29, 1.82) is 0 Å². The quantitative estimate of drug-likeness (QED) is 0.705. The first-order valence-corrected chi connectivity index (χ1v) is 9.53. The minimum Gasteiger partial charge on any atom is -0.490 e. The summed E-state index contributed by atoms with van der Waals surface area (Å²) < 4.78 is 17.0. The molecule has 1 aliphatic rings. The van der Waals surface area contributed by atoms with Crippen LogP contribution < -0.4 is 19.6 Å². The number of hydrogen-bond acceptors (Lipinski definition) is 5. The lowest BCUT2D eigenvalue weighted by atomic mass is 9.89. The highest BCUT2D eigenvalue weighted by Gasteiger charge is 2.19. The minimum atomic E-state index is -0.278. The molecule has 1 amide bonds. The molecule has 26 heavy (non-hydrogen) atoms. The van der Waals surface area contributed by atoms with E-state index in [-0.39, 0.29) is 5.91 Å². The van der Waals surface area contributed by atoms with Gasteiger partial charge in [0.05, 0.1) is 19.8 Å². The highest BCUT2D eigenvalue weighted by molar-refractivity contribution is 5.97. The van der Waals surface area contributed by atoms with Crippen molar-refractivity contribution >= 4 is 11.6 Å². The molecule has 1 aromatic rings. The summed E-state index contributed by atoms with van der Waals surface area (Å²) in [6.07, 6.45) is 4.42. The molecule has 1 unspecified atom stereocenters. The third-order valence-corrected chi connectivity index (χ3v) is 4.36. The smallest absolute Gasteiger partial charge is 0.271 e. The molecule has 0 aliphatic heterocycles. The molecular weight excluding hydrogens is 332 g/mol. The Kier molecular flexibility index (Phi) is 7.75. The lowest BCUT2D eigenvalue weighted by Crippen LogP contribution is -2.24. The molecular formula is C20H30N2O4. The summed E-state index contributed by atoms with van der Waals surface area (Å²) in [7, 11) is 0. The molecule has 1 N–H and O–H groups in total. The van der Waals surface area contributed by atoms with Crippen LogP contribution in [0.2, 0.25) is 0 Å². The highest BCUT2D eigenvalue weighted by atomic mass is 16.5. The van der Waals surface area contributed by atoms with Gasteiger partial charge in [-0.15, -0.1) is 0 Å². The van der Waals surface area contributed by atoms with Crippen molar-refractivity contribution in [2.24, 2.45) is 11.0 Å². The molecule has 0 radical (unpaired) electrons. The molecule has 6 nitrogen and oxygen atoms in total. The molecule has 0 aromatic heterocycles. The summed E-state index contributed by atoms with van der Waals surface area (Å²) in [5.74, 6) is 1.68. The molecule has 2 rings (SSSR count). The SMILES string of the molecule is CCOc1cc(C(=O)N/N=C2\CCCCC2C)cc(OCC)c1OCC. The topological polar surface area (TPSA) is 69.2 Å². The van der Waals surface area contributed by atoms with Gasteiger partial charge in [0.25, 0.3) is 5.91 Å². The first-order chi connectivity index (χ1) is 12.6. The van der Waals surface area contributed by atoms with E-state index in [0.717, 1.165) is 25.0 Å². The van der Waals surface area contributed by atoms with Crippen molar-refractivity contribution in [2.45, 2.75) is 53.4 Å². The molecule has 0 spiro atoms. The zero-order valence-corrected chi connectivity index (χ0v) is 16.3. The van der Waals surface area contributed by atoms with Gasteiger partial charge in [0.1, 0.15) is 0 Å². The monoisotopic (exact) mass is 362 g/mol. The number of benzene rings is 1. The van der Waals surface area contributed by atoms with E-state index in [1.54, 1.807) is 12.1 Å². The van der Waals surface area contributed by atoms with Crippen LogP contribution in [0.1, 0.15) is 63.7 Å². The van der Waals surface area contributed by atoms with Crippen LogP contribution >= 0.6 is 0 Å². The van der Waals surface area contributed by atoms with Crippen LogP contribution in [0.25, 0.3) is 0 Å². The minimum absolute atomic E-state index is 0.278. The average molecular weight is 362 g/mol. The van der Waals surface area contributed by atoms with Gasteiger partial charge in [0.15, 0.2) is 11.5 Å². The van der Waals surface area contributed by atoms with Crippen LogP contribution in [-0.2, 0) is 0 Å². The fourth-order valence-electron chi connectivity index (χ4n) is 3.04. The van der Waals surface area contributed by atoms with Crippen molar-refractivity contribution in [3.63, 3.8) is 0 Å². The Hall–Kier alpha value is -2.24. The Morgan fingerprint density at radius 1 is 1.08 bits per heavy atom. The molecule has 144 valence electrons. The van der Waals surface area contributed by atoms with Gasteiger partial charge in [0.2, 0.25) is 5.75 Å². The maximum absolute atomic E-state index is 12.6. The first-order valence-electron chi connectivity index (χ1n) is 9.53. The van der Waals surface area contributed by atoms with Crippen LogP contribution in [0.15, 0.2) is 17.2 Å². The first kappa shape index (κ1) is 20.1. The Morgan fingerprint density at radius 3 is 2.23 bits per heavy atom. The maximum Gasteiger partial charge on any atom is 0.271 e. The van der Waals surface area contributed by atoms with Crippen LogP contribution in [0.3, 0.4) is 0 Å². The lowest BCUT2D eigenvalue weighted by molar-refractivity contribution is 0.0953. The molecule has 1 saturated carbocycles. The Balaban J connectivity index is 2.26. The van der Waals surface area contributed by atoms with Crippen molar-refractivity contribution in [2.75, 3.05) is 19.8 Å². The van der Waals surface area contributed by atoms with Gasteiger partial charge >= 0.3 is 0 Å². The normalized spacial score (nSPS) is 18.5. The molecule has 0 saturated heterocycles. The molecule has 1 aromatic carbocycles. The maximum atomic E-state index is 12.6. The van der Waals surface area contributed by atoms with E-state index in [2.05, 4.69) is 17.5 Å². The molecule has 0 heterocycles. The van der Waals surface area contributed by atoms with E-state index in [9.17, 15) is 4.79 Å². The van der Waals surface area contributed by atoms with Gasteiger partial charge in [-0.25, -0.2) is 5.43 Å². The summed E-state index contributed by atoms with van der Waals surface area (Å²) in [4.78, 5) is 12.6. The number of hydrazone groups is 1. The number of rotatable bonds is 8. The molecule has 0 bridgehead atoms. The summed E-state index contributed by atoms with van der Waals surface area (Å²) in [5, 5.41) is 4.35. The van der Waals surface area contributed by atoms with E-state index in [1.807, 2.05) is 20.8 Å². The van der Waals surface area contributed by atoms with Gasteiger partial charge in [-0.2, -0.15) is 5.10 Å².